The summed E-state index contributed by atoms with van der Waals surface area (Å²) in [5, 5.41) is 12.1. The minimum absolute atomic E-state index is 0.0164. The molecule has 2 aliphatic rings. The third kappa shape index (κ3) is 5.79. The van der Waals surface area contributed by atoms with Crippen molar-refractivity contribution in [2.45, 2.75) is 38.3 Å². The average Bonchev–Trinajstić information content (AvgIpc) is 3.59. The second kappa shape index (κ2) is 11.6. The summed E-state index contributed by atoms with van der Waals surface area (Å²) in [6.07, 6.45) is 6.66. The fourth-order valence-corrected chi connectivity index (χ4v) is 5.79. The molecule has 8 heteroatoms. The molecule has 0 bridgehead atoms. The molecule has 38 heavy (non-hydrogen) atoms. The molecule has 1 aliphatic heterocycles. The summed E-state index contributed by atoms with van der Waals surface area (Å²) in [6.45, 7) is 2.42. The van der Waals surface area contributed by atoms with Crippen LogP contribution >= 0.6 is 0 Å². The number of aromatic nitrogens is 2. The Morgan fingerprint density at radius 2 is 1.79 bits per heavy atom. The highest BCUT2D eigenvalue weighted by atomic mass is 16.5. The maximum Gasteiger partial charge on any atom is 0.309 e. The number of likely N-dealkylation sites (tertiary alicyclic amines) is 1. The van der Waals surface area contributed by atoms with Gasteiger partial charge in [0.15, 0.2) is 0 Å². The van der Waals surface area contributed by atoms with Crippen molar-refractivity contribution in [1.29, 1.82) is 5.26 Å². The van der Waals surface area contributed by atoms with Crippen LogP contribution in [0, 0.1) is 23.2 Å². The van der Waals surface area contributed by atoms with E-state index in [1.165, 1.54) is 18.2 Å². The van der Waals surface area contributed by atoms with E-state index in [0.29, 0.717) is 50.6 Å². The lowest BCUT2D eigenvalue weighted by atomic mass is 9.87. The maximum absolute atomic E-state index is 13.3. The van der Waals surface area contributed by atoms with Gasteiger partial charge in [0.25, 0.3) is 0 Å². The van der Waals surface area contributed by atoms with Crippen LogP contribution in [0.15, 0.2) is 61.1 Å². The van der Waals surface area contributed by atoms with Crippen LogP contribution in [-0.2, 0) is 40.1 Å². The molecule has 0 saturated carbocycles. The number of carbonyl (C=O) groups is 2. The van der Waals surface area contributed by atoms with E-state index in [1.807, 2.05) is 30.5 Å². The van der Waals surface area contributed by atoms with E-state index in [2.05, 4.69) is 50.1 Å². The Labute approximate surface area is 223 Å². The standard InChI is InChI=1S/C30H33N5O3/c1-38-30(37)26-12-25(18-34(19-26)28-13-23-4-2-3-5-24(23)14-28)29(36)33-11-10-27-16-32-20-35(27)17-22-8-6-21(15-31)7-9-22/h2-9,16,20,25-26,28H,10-14,17-19H2,1H3,(H,33,36)/t25-,26+/m1/s1. The number of nitrogens with one attached hydrogen (secondary N) is 1. The van der Waals surface area contributed by atoms with E-state index in [0.717, 1.165) is 24.1 Å². The first-order valence-electron chi connectivity index (χ1n) is 13.2. The van der Waals surface area contributed by atoms with E-state index in [1.54, 1.807) is 6.33 Å². The number of carbonyl (C=O) groups excluding carboxylic acids is 2. The Morgan fingerprint density at radius 3 is 2.47 bits per heavy atom. The van der Waals surface area contributed by atoms with Crippen molar-refractivity contribution in [3.05, 3.63) is 89.0 Å². The van der Waals surface area contributed by atoms with Gasteiger partial charge < -0.3 is 14.6 Å². The Bertz CT molecular complexity index is 1300. The molecular formula is C30H33N5O3. The normalized spacial score (nSPS) is 19.5. The third-order valence-corrected chi connectivity index (χ3v) is 7.84. The van der Waals surface area contributed by atoms with Gasteiger partial charge in [-0.15, -0.1) is 0 Å². The molecule has 1 saturated heterocycles. The van der Waals surface area contributed by atoms with Gasteiger partial charge in [0, 0.05) is 50.5 Å². The summed E-state index contributed by atoms with van der Waals surface area (Å²) in [4.78, 5) is 32.4. The molecule has 2 atom stereocenters. The summed E-state index contributed by atoms with van der Waals surface area (Å²) < 4.78 is 7.13. The summed E-state index contributed by atoms with van der Waals surface area (Å²) in [7, 11) is 1.42. The number of piperidine rings is 1. The number of nitriles is 1. The van der Waals surface area contributed by atoms with E-state index in [4.69, 9.17) is 10.00 Å². The highest BCUT2D eigenvalue weighted by molar-refractivity contribution is 5.81. The Hall–Kier alpha value is -3.96. The van der Waals surface area contributed by atoms with Gasteiger partial charge in [0.05, 0.1) is 36.9 Å². The molecule has 0 spiro atoms. The predicted octanol–water partition coefficient (Wildman–Crippen LogP) is 2.74. The van der Waals surface area contributed by atoms with Crippen molar-refractivity contribution < 1.29 is 14.3 Å². The molecule has 0 unspecified atom stereocenters. The summed E-state index contributed by atoms with van der Waals surface area (Å²) in [6, 6.07) is 18.4. The molecule has 5 rings (SSSR count). The van der Waals surface area contributed by atoms with Crippen molar-refractivity contribution >= 4 is 11.9 Å². The minimum Gasteiger partial charge on any atom is -0.469 e. The second-order valence-electron chi connectivity index (χ2n) is 10.3. The first-order valence-corrected chi connectivity index (χ1v) is 13.2. The number of benzene rings is 2. The van der Waals surface area contributed by atoms with Crippen molar-refractivity contribution in [2.24, 2.45) is 11.8 Å². The van der Waals surface area contributed by atoms with Gasteiger partial charge in [-0.1, -0.05) is 36.4 Å². The van der Waals surface area contributed by atoms with Crippen molar-refractivity contribution in [3.8, 4) is 6.07 Å². The van der Waals surface area contributed by atoms with Crippen LogP contribution in [0.3, 0.4) is 0 Å². The Morgan fingerprint density at radius 1 is 1.08 bits per heavy atom. The van der Waals surface area contributed by atoms with Crippen LogP contribution in [-0.4, -0.2) is 59.1 Å². The zero-order chi connectivity index (χ0) is 26.5. The summed E-state index contributed by atoms with van der Waals surface area (Å²) in [5.41, 5.74) is 5.46. The lowest BCUT2D eigenvalue weighted by Crippen LogP contribution is -2.52. The number of hydrogen-bond acceptors (Lipinski definition) is 6. The monoisotopic (exact) mass is 511 g/mol. The van der Waals surface area contributed by atoms with Gasteiger partial charge >= 0.3 is 5.97 Å². The number of esters is 1. The van der Waals surface area contributed by atoms with Gasteiger partial charge in [-0.2, -0.15) is 5.26 Å². The van der Waals surface area contributed by atoms with Gasteiger partial charge in [-0.3, -0.25) is 14.5 Å². The molecule has 1 aliphatic carbocycles. The molecule has 2 aromatic carbocycles. The molecule has 196 valence electrons. The maximum atomic E-state index is 13.3. The van der Waals surface area contributed by atoms with Gasteiger partial charge in [0.1, 0.15) is 0 Å². The van der Waals surface area contributed by atoms with Crippen LogP contribution in [0.1, 0.15) is 34.4 Å². The van der Waals surface area contributed by atoms with Crippen LogP contribution in [0.2, 0.25) is 0 Å². The number of amides is 1. The smallest absolute Gasteiger partial charge is 0.309 e. The van der Waals surface area contributed by atoms with E-state index < -0.39 is 0 Å². The predicted molar refractivity (Wildman–Crippen MR) is 142 cm³/mol. The minimum atomic E-state index is -0.304. The fraction of sp³-hybridized carbons (Fsp3) is 0.400. The average molecular weight is 512 g/mol. The highest BCUT2D eigenvalue weighted by Crippen LogP contribution is 2.31. The van der Waals surface area contributed by atoms with Crippen molar-refractivity contribution in [1.82, 2.24) is 19.8 Å². The fourth-order valence-electron chi connectivity index (χ4n) is 5.79. The molecule has 2 heterocycles. The van der Waals surface area contributed by atoms with E-state index in [-0.39, 0.29) is 23.7 Å². The SMILES string of the molecule is COC(=O)[C@H]1C[C@@H](C(=O)NCCc2cncn2Cc2ccc(C#N)cc2)CN(C2Cc3ccccc3C2)C1. The number of fused-ring (bicyclic) bond motifs is 1. The van der Waals surface area contributed by atoms with Gasteiger partial charge in [0.2, 0.25) is 5.91 Å². The van der Waals surface area contributed by atoms with E-state index in [9.17, 15) is 9.59 Å². The van der Waals surface area contributed by atoms with Crippen molar-refractivity contribution in [2.75, 3.05) is 26.7 Å². The molecule has 1 fully saturated rings. The van der Waals surface area contributed by atoms with Crippen LogP contribution < -0.4 is 5.32 Å². The molecule has 8 nitrogen and oxygen atoms in total. The molecule has 1 amide bonds. The number of hydrogen-bond donors (Lipinski definition) is 1. The summed E-state index contributed by atoms with van der Waals surface area (Å²) in [5.74, 6) is -0.825. The molecule has 1 aromatic heterocycles. The van der Waals surface area contributed by atoms with Crippen LogP contribution in [0.5, 0.6) is 0 Å². The lowest BCUT2D eigenvalue weighted by Gasteiger charge is -2.39. The zero-order valence-electron chi connectivity index (χ0n) is 21.7. The number of rotatable bonds is 8. The quantitative estimate of drug-likeness (QED) is 0.467. The van der Waals surface area contributed by atoms with Crippen molar-refractivity contribution in [3.63, 3.8) is 0 Å². The first-order chi connectivity index (χ1) is 18.5. The first kappa shape index (κ1) is 25.7. The highest BCUT2D eigenvalue weighted by Gasteiger charge is 2.39. The number of ether oxygens (including phenoxy) is 1. The van der Waals surface area contributed by atoms with Gasteiger partial charge in [-0.05, 0) is 48.1 Å². The molecule has 0 radical (unpaired) electrons. The lowest BCUT2D eigenvalue weighted by molar-refractivity contribution is -0.149. The topological polar surface area (TPSA) is 100 Å². The van der Waals surface area contributed by atoms with Crippen LogP contribution in [0.4, 0.5) is 0 Å². The summed E-state index contributed by atoms with van der Waals surface area (Å²) >= 11 is 0. The molecule has 3 aromatic rings. The Kier molecular flexibility index (Phi) is 7.85. The number of methoxy groups -OCH3 is 1. The largest absolute Gasteiger partial charge is 0.469 e. The zero-order valence-corrected chi connectivity index (χ0v) is 21.7. The third-order valence-electron chi connectivity index (χ3n) is 7.84. The Balaban J connectivity index is 1.18. The molecular weight excluding hydrogens is 478 g/mol. The number of nitrogens with zero attached hydrogens (tertiary/aromatic N) is 4. The second-order valence-corrected chi connectivity index (χ2v) is 10.3. The molecule has 1 N–H and O–H groups in total. The van der Waals surface area contributed by atoms with Gasteiger partial charge in [-0.25, -0.2) is 4.98 Å². The van der Waals surface area contributed by atoms with Crippen LogP contribution in [0.25, 0.3) is 0 Å². The van der Waals surface area contributed by atoms with E-state index >= 15 is 0 Å². The number of imidazole rings is 1.